The normalized spacial score (nSPS) is 24.4. The Morgan fingerprint density at radius 3 is 3.05 bits per heavy atom. The highest BCUT2D eigenvalue weighted by molar-refractivity contribution is 5.96. The van der Waals surface area contributed by atoms with Crippen molar-refractivity contribution in [2.45, 2.75) is 19.2 Å². The number of hydrogen-bond donors (Lipinski definition) is 1. The van der Waals surface area contributed by atoms with E-state index in [1.54, 1.807) is 4.90 Å². The second-order valence-corrected chi connectivity index (χ2v) is 4.59. The number of ether oxygens (including phenoxy) is 2. The lowest BCUT2D eigenvalue weighted by atomic mass is 10.1. The molecule has 0 aliphatic carbocycles. The molecule has 2 atom stereocenters. The summed E-state index contributed by atoms with van der Waals surface area (Å²) in [5.41, 5.74) is 2.57. The molecule has 8 heteroatoms. The maximum atomic E-state index is 12.5. The van der Waals surface area contributed by atoms with Crippen molar-refractivity contribution in [1.29, 1.82) is 0 Å². The molecule has 2 aliphatic heterocycles. The average molecular weight is 279 g/mol. The van der Waals surface area contributed by atoms with Gasteiger partial charge in [-0.1, -0.05) is 0 Å². The number of carbonyl (C=O) groups is 2. The van der Waals surface area contributed by atoms with Crippen LogP contribution in [0.2, 0.25) is 0 Å². The molecule has 0 spiro atoms. The molecule has 1 amide bonds. The van der Waals surface area contributed by atoms with Gasteiger partial charge in [-0.2, -0.15) is 0 Å². The predicted octanol–water partition coefficient (Wildman–Crippen LogP) is -0.872. The van der Waals surface area contributed by atoms with E-state index < -0.39 is 5.43 Å². The van der Waals surface area contributed by atoms with Gasteiger partial charge in [0, 0.05) is 18.8 Å². The van der Waals surface area contributed by atoms with Crippen LogP contribution in [-0.4, -0.2) is 47.4 Å². The SMILES string of the molecule is CC1OCCN2C(=O)c3c(OC=O)c(=O)ccn3NC12. The van der Waals surface area contributed by atoms with Gasteiger partial charge >= 0.3 is 0 Å². The number of nitrogens with one attached hydrogen (secondary N) is 1. The van der Waals surface area contributed by atoms with E-state index >= 15 is 0 Å². The first-order valence-corrected chi connectivity index (χ1v) is 6.18. The van der Waals surface area contributed by atoms with Crippen molar-refractivity contribution >= 4 is 12.4 Å². The summed E-state index contributed by atoms with van der Waals surface area (Å²) >= 11 is 0. The van der Waals surface area contributed by atoms with Crippen LogP contribution >= 0.6 is 0 Å². The van der Waals surface area contributed by atoms with Gasteiger partial charge < -0.3 is 19.8 Å². The molecule has 106 valence electrons. The Morgan fingerprint density at radius 1 is 1.50 bits per heavy atom. The quantitative estimate of drug-likeness (QED) is 0.708. The summed E-state index contributed by atoms with van der Waals surface area (Å²) in [7, 11) is 0. The lowest BCUT2D eigenvalue weighted by Crippen LogP contribution is -2.62. The van der Waals surface area contributed by atoms with Crippen molar-refractivity contribution in [3.8, 4) is 5.75 Å². The molecule has 2 unspecified atom stereocenters. The van der Waals surface area contributed by atoms with Crippen LogP contribution in [0.3, 0.4) is 0 Å². The number of carbonyl (C=O) groups excluding carboxylic acids is 2. The summed E-state index contributed by atoms with van der Waals surface area (Å²) in [5.74, 6) is -0.629. The van der Waals surface area contributed by atoms with Gasteiger partial charge in [0.25, 0.3) is 12.4 Å². The van der Waals surface area contributed by atoms with Crippen molar-refractivity contribution in [2.75, 3.05) is 18.6 Å². The highest BCUT2D eigenvalue weighted by atomic mass is 16.5. The predicted molar refractivity (Wildman–Crippen MR) is 67.0 cm³/mol. The monoisotopic (exact) mass is 279 g/mol. The van der Waals surface area contributed by atoms with Crippen molar-refractivity contribution < 1.29 is 19.1 Å². The number of fused-ring (bicyclic) bond motifs is 2. The third-order valence-electron chi connectivity index (χ3n) is 3.45. The standard InChI is InChI=1S/C12H13N3O5/c1-7-11-13-15-3-2-8(17)10(20-6-16)9(15)12(18)14(11)4-5-19-7/h2-3,6-7,11,13H,4-5H2,1H3. The summed E-state index contributed by atoms with van der Waals surface area (Å²) in [6.45, 7) is 2.82. The highest BCUT2D eigenvalue weighted by Crippen LogP contribution is 2.24. The molecular formula is C12H13N3O5. The third kappa shape index (κ3) is 1.76. The third-order valence-corrected chi connectivity index (χ3v) is 3.45. The van der Waals surface area contributed by atoms with Crippen LogP contribution in [0.4, 0.5) is 0 Å². The van der Waals surface area contributed by atoms with E-state index in [0.29, 0.717) is 13.2 Å². The van der Waals surface area contributed by atoms with E-state index in [-0.39, 0.29) is 36.1 Å². The average Bonchev–Trinajstić information content (AvgIpc) is 2.44. The van der Waals surface area contributed by atoms with Gasteiger partial charge in [0.1, 0.15) is 6.17 Å². The fourth-order valence-corrected chi connectivity index (χ4v) is 2.49. The number of aromatic nitrogens is 1. The largest absolute Gasteiger partial charge is 0.422 e. The molecule has 1 saturated heterocycles. The fraction of sp³-hybridized carbons (Fsp3) is 0.417. The molecule has 3 rings (SSSR count). The second kappa shape index (κ2) is 4.64. The molecule has 8 nitrogen and oxygen atoms in total. The van der Waals surface area contributed by atoms with Crippen LogP contribution in [0.1, 0.15) is 17.4 Å². The van der Waals surface area contributed by atoms with Crippen LogP contribution < -0.4 is 15.6 Å². The highest BCUT2D eigenvalue weighted by Gasteiger charge is 2.40. The van der Waals surface area contributed by atoms with E-state index in [1.807, 2.05) is 6.92 Å². The maximum absolute atomic E-state index is 12.5. The zero-order valence-electron chi connectivity index (χ0n) is 10.7. The number of rotatable bonds is 2. The molecule has 3 heterocycles. The molecule has 0 radical (unpaired) electrons. The number of pyridine rings is 1. The Balaban J connectivity index is 2.12. The first-order chi connectivity index (χ1) is 9.63. The zero-order valence-corrected chi connectivity index (χ0v) is 10.7. The molecule has 1 aromatic heterocycles. The summed E-state index contributed by atoms with van der Waals surface area (Å²) < 4.78 is 11.6. The molecule has 0 bridgehead atoms. The van der Waals surface area contributed by atoms with Gasteiger partial charge in [0.15, 0.2) is 5.69 Å². The molecule has 1 N–H and O–H groups in total. The summed E-state index contributed by atoms with van der Waals surface area (Å²) in [4.78, 5) is 36.3. The summed E-state index contributed by atoms with van der Waals surface area (Å²) in [5, 5.41) is 0. The maximum Gasteiger partial charge on any atom is 0.298 e. The Labute approximate surface area is 113 Å². The lowest BCUT2D eigenvalue weighted by molar-refractivity contribution is -0.120. The van der Waals surface area contributed by atoms with Gasteiger partial charge in [0.2, 0.25) is 11.2 Å². The van der Waals surface area contributed by atoms with E-state index in [0.717, 1.165) is 0 Å². The minimum absolute atomic E-state index is 0.0231. The summed E-state index contributed by atoms with van der Waals surface area (Å²) in [6, 6.07) is 1.23. The van der Waals surface area contributed by atoms with Crippen LogP contribution in [0.5, 0.6) is 5.75 Å². The molecular weight excluding hydrogens is 266 g/mol. The van der Waals surface area contributed by atoms with Gasteiger partial charge in [-0.3, -0.25) is 19.1 Å². The number of amides is 1. The van der Waals surface area contributed by atoms with Crippen molar-refractivity contribution in [2.24, 2.45) is 0 Å². The molecule has 0 saturated carbocycles. The molecule has 1 fully saturated rings. The minimum Gasteiger partial charge on any atom is -0.422 e. The Morgan fingerprint density at radius 2 is 2.30 bits per heavy atom. The van der Waals surface area contributed by atoms with Crippen LogP contribution in [-0.2, 0) is 9.53 Å². The minimum atomic E-state index is -0.516. The number of hydrogen-bond acceptors (Lipinski definition) is 6. The first-order valence-electron chi connectivity index (χ1n) is 6.18. The molecule has 0 aromatic carbocycles. The zero-order chi connectivity index (χ0) is 14.3. The van der Waals surface area contributed by atoms with Crippen LogP contribution in [0.15, 0.2) is 17.1 Å². The van der Waals surface area contributed by atoms with Crippen LogP contribution in [0, 0.1) is 0 Å². The van der Waals surface area contributed by atoms with Crippen molar-refractivity contribution in [3.63, 3.8) is 0 Å². The van der Waals surface area contributed by atoms with E-state index in [4.69, 9.17) is 4.74 Å². The number of morpholine rings is 1. The first kappa shape index (κ1) is 12.7. The van der Waals surface area contributed by atoms with E-state index in [9.17, 15) is 14.4 Å². The fourth-order valence-electron chi connectivity index (χ4n) is 2.49. The molecule has 2 aliphatic rings. The van der Waals surface area contributed by atoms with Gasteiger partial charge in [-0.15, -0.1) is 0 Å². The van der Waals surface area contributed by atoms with Crippen molar-refractivity contribution in [1.82, 2.24) is 9.58 Å². The van der Waals surface area contributed by atoms with E-state index in [1.165, 1.54) is 16.9 Å². The van der Waals surface area contributed by atoms with Crippen molar-refractivity contribution in [3.05, 3.63) is 28.2 Å². The van der Waals surface area contributed by atoms with Gasteiger partial charge in [-0.05, 0) is 6.92 Å². The second-order valence-electron chi connectivity index (χ2n) is 4.59. The number of nitrogens with zero attached hydrogens (tertiary/aromatic N) is 2. The van der Waals surface area contributed by atoms with Gasteiger partial charge in [-0.25, -0.2) is 0 Å². The lowest BCUT2D eigenvalue weighted by Gasteiger charge is -2.44. The Hall–Kier alpha value is -2.35. The molecule has 1 aromatic rings. The summed E-state index contributed by atoms with van der Waals surface area (Å²) in [6.07, 6.45) is 0.928. The van der Waals surface area contributed by atoms with E-state index in [2.05, 4.69) is 10.2 Å². The Bertz CT molecular complexity index is 626. The van der Waals surface area contributed by atoms with Gasteiger partial charge in [0.05, 0.1) is 12.7 Å². The smallest absolute Gasteiger partial charge is 0.298 e. The topological polar surface area (TPSA) is 89.9 Å². The Kier molecular flexibility index (Phi) is 2.94. The van der Waals surface area contributed by atoms with Crippen LogP contribution in [0.25, 0.3) is 0 Å². The molecule has 20 heavy (non-hydrogen) atoms.